The number of H-pyrrole nitrogens is 2. The lowest BCUT2D eigenvalue weighted by Crippen LogP contribution is -2.42. The molecule has 7 heteroatoms. The van der Waals surface area contributed by atoms with Crippen LogP contribution in [0.3, 0.4) is 0 Å². The minimum Gasteiger partial charge on any atom is -0.348 e. The van der Waals surface area contributed by atoms with Crippen molar-refractivity contribution in [1.29, 1.82) is 0 Å². The van der Waals surface area contributed by atoms with Crippen LogP contribution in [0.25, 0.3) is 0 Å². The normalized spacial score (nSPS) is 16.4. The Balaban J connectivity index is 1.76. The van der Waals surface area contributed by atoms with E-state index in [0.29, 0.717) is 13.0 Å². The first-order valence-electron chi connectivity index (χ1n) is 9.02. The lowest BCUT2D eigenvalue weighted by atomic mass is 9.96. The average molecular weight is 363 g/mol. The molecule has 4 heterocycles. The highest BCUT2D eigenvalue weighted by atomic mass is 16.2. The van der Waals surface area contributed by atoms with Crippen molar-refractivity contribution in [3.63, 3.8) is 0 Å². The van der Waals surface area contributed by atoms with Crippen LogP contribution in [0.2, 0.25) is 0 Å². The van der Waals surface area contributed by atoms with Crippen molar-refractivity contribution < 1.29 is 4.79 Å². The quantitative estimate of drug-likeness (QED) is 0.747. The molecule has 1 amide bonds. The molecule has 0 saturated heterocycles. The van der Waals surface area contributed by atoms with Crippen LogP contribution >= 0.6 is 0 Å². The third-order valence-corrected chi connectivity index (χ3v) is 4.97. The van der Waals surface area contributed by atoms with Gasteiger partial charge in [0, 0.05) is 36.7 Å². The highest BCUT2D eigenvalue weighted by Crippen LogP contribution is 2.33. The maximum atomic E-state index is 13.3. The van der Waals surface area contributed by atoms with Gasteiger partial charge in [0.15, 0.2) is 0 Å². The second kappa shape index (κ2) is 6.83. The smallest absolute Gasteiger partial charge is 0.261 e. The second-order valence-electron chi connectivity index (χ2n) is 7.01. The SMILES string of the molecule is CC(C)c1ccc(C(=O)N2CCc3[nH]cnc3[C@H]2c2cccnc2)c(=O)[nH]1. The molecule has 3 aromatic heterocycles. The molecule has 0 aliphatic carbocycles. The zero-order valence-electron chi connectivity index (χ0n) is 15.3. The molecule has 27 heavy (non-hydrogen) atoms. The molecule has 0 aromatic carbocycles. The number of amides is 1. The number of carbonyl (C=O) groups excluding carboxylic acids is 1. The van der Waals surface area contributed by atoms with Gasteiger partial charge < -0.3 is 14.9 Å². The number of pyridine rings is 2. The number of carbonyl (C=O) groups is 1. The van der Waals surface area contributed by atoms with E-state index in [-0.39, 0.29) is 29.0 Å². The zero-order chi connectivity index (χ0) is 19.0. The van der Waals surface area contributed by atoms with E-state index in [1.54, 1.807) is 29.7 Å². The lowest BCUT2D eigenvalue weighted by Gasteiger charge is -2.35. The van der Waals surface area contributed by atoms with Gasteiger partial charge in [-0.05, 0) is 29.7 Å². The van der Waals surface area contributed by atoms with E-state index in [1.165, 1.54) is 0 Å². The Labute approximate surface area is 156 Å². The fourth-order valence-electron chi connectivity index (χ4n) is 3.52. The number of fused-ring (bicyclic) bond motifs is 1. The first-order chi connectivity index (χ1) is 13.1. The molecule has 0 bridgehead atoms. The summed E-state index contributed by atoms with van der Waals surface area (Å²) in [5.41, 5.74) is 3.29. The molecule has 0 spiro atoms. The van der Waals surface area contributed by atoms with Gasteiger partial charge in [0.25, 0.3) is 11.5 Å². The number of imidazole rings is 1. The molecule has 1 atom stereocenters. The summed E-state index contributed by atoms with van der Waals surface area (Å²) in [6.07, 6.45) is 5.74. The second-order valence-corrected chi connectivity index (χ2v) is 7.01. The summed E-state index contributed by atoms with van der Waals surface area (Å²) in [5.74, 6) is -0.111. The monoisotopic (exact) mass is 363 g/mol. The highest BCUT2D eigenvalue weighted by Gasteiger charge is 2.35. The Kier molecular flexibility index (Phi) is 4.35. The van der Waals surface area contributed by atoms with Crippen molar-refractivity contribution in [2.45, 2.75) is 32.2 Å². The Bertz CT molecular complexity index is 1020. The molecule has 7 nitrogen and oxygen atoms in total. The average Bonchev–Trinajstić information content (AvgIpc) is 3.16. The standard InChI is InChI=1S/C20H21N5O2/c1-12(2)15-6-5-14(19(26)24-15)20(27)25-9-7-16-17(23-11-22-16)18(25)13-4-3-8-21-10-13/h3-6,8,10-12,18H,7,9H2,1-2H3,(H,22,23)(H,24,26)/t18-/m1/s1. The first-order valence-corrected chi connectivity index (χ1v) is 9.02. The number of nitrogens with zero attached hydrogens (tertiary/aromatic N) is 3. The van der Waals surface area contributed by atoms with Gasteiger partial charge in [0.1, 0.15) is 11.6 Å². The molecule has 0 fully saturated rings. The van der Waals surface area contributed by atoms with E-state index in [0.717, 1.165) is 22.6 Å². The number of hydrogen-bond donors (Lipinski definition) is 2. The van der Waals surface area contributed by atoms with Crippen LogP contribution in [-0.4, -0.2) is 37.3 Å². The van der Waals surface area contributed by atoms with Crippen LogP contribution in [-0.2, 0) is 6.42 Å². The van der Waals surface area contributed by atoms with Crippen LogP contribution in [0.4, 0.5) is 0 Å². The van der Waals surface area contributed by atoms with Crippen molar-refractivity contribution >= 4 is 5.91 Å². The molecule has 0 saturated carbocycles. The predicted molar refractivity (Wildman–Crippen MR) is 101 cm³/mol. The van der Waals surface area contributed by atoms with Crippen molar-refractivity contribution in [2.24, 2.45) is 0 Å². The summed E-state index contributed by atoms with van der Waals surface area (Å²) in [6, 6.07) is 6.82. The van der Waals surface area contributed by atoms with Gasteiger partial charge in [-0.15, -0.1) is 0 Å². The molecule has 0 radical (unpaired) electrons. The van der Waals surface area contributed by atoms with Gasteiger partial charge >= 0.3 is 0 Å². The van der Waals surface area contributed by atoms with Crippen LogP contribution in [0.15, 0.2) is 47.8 Å². The fourth-order valence-corrected chi connectivity index (χ4v) is 3.52. The topological polar surface area (TPSA) is 94.7 Å². The van der Waals surface area contributed by atoms with E-state index in [2.05, 4.69) is 19.9 Å². The van der Waals surface area contributed by atoms with Gasteiger partial charge in [-0.3, -0.25) is 14.6 Å². The molecular weight excluding hydrogens is 342 g/mol. The van der Waals surface area contributed by atoms with Crippen molar-refractivity contribution in [3.05, 3.63) is 81.5 Å². The Morgan fingerprint density at radius 3 is 2.85 bits per heavy atom. The van der Waals surface area contributed by atoms with E-state index >= 15 is 0 Å². The third kappa shape index (κ3) is 3.05. The number of nitrogens with one attached hydrogen (secondary N) is 2. The van der Waals surface area contributed by atoms with E-state index in [1.807, 2.05) is 32.0 Å². The highest BCUT2D eigenvalue weighted by molar-refractivity contribution is 5.94. The summed E-state index contributed by atoms with van der Waals surface area (Å²) in [7, 11) is 0. The van der Waals surface area contributed by atoms with Crippen molar-refractivity contribution in [1.82, 2.24) is 24.8 Å². The van der Waals surface area contributed by atoms with Gasteiger partial charge in [0.05, 0.1) is 12.0 Å². The zero-order valence-corrected chi connectivity index (χ0v) is 15.3. The fraction of sp³-hybridized carbons (Fsp3) is 0.300. The summed E-state index contributed by atoms with van der Waals surface area (Å²) in [4.78, 5) is 42.1. The molecule has 4 rings (SSSR count). The van der Waals surface area contributed by atoms with Crippen molar-refractivity contribution in [2.75, 3.05) is 6.54 Å². The number of aromatic nitrogens is 4. The molecule has 2 N–H and O–H groups in total. The predicted octanol–water partition coefficient (Wildman–Crippen LogP) is 2.40. The van der Waals surface area contributed by atoms with E-state index in [4.69, 9.17) is 0 Å². The number of rotatable bonds is 3. The van der Waals surface area contributed by atoms with Gasteiger partial charge in [-0.2, -0.15) is 0 Å². The lowest BCUT2D eigenvalue weighted by molar-refractivity contribution is 0.0688. The minimum atomic E-state index is -0.370. The Hall–Kier alpha value is -3.22. The van der Waals surface area contributed by atoms with Gasteiger partial charge in [-0.25, -0.2) is 4.98 Å². The van der Waals surface area contributed by atoms with Crippen LogP contribution in [0.1, 0.15) is 58.8 Å². The maximum absolute atomic E-state index is 13.3. The summed E-state index contributed by atoms with van der Waals surface area (Å²) in [6.45, 7) is 4.49. The van der Waals surface area contributed by atoms with E-state index < -0.39 is 0 Å². The Morgan fingerprint density at radius 1 is 1.30 bits per heavy atom. The summed E-state index contributed by atoms with van der Waals surface area (Å²) >= 11 is 0. The van der Waals surface area contributed by atoms with Gasteiger partial charge in [-0.1, -0.05) is 19.9 Å². The van der Waals surface area contributed by atoms with Crippen LogP contribution < -0.4 is 5.56 Å². The molecule has 138 valence electrons. The van der Waals surface area contributed by atoms with Gasteiger partial charge in [0.2, 0.25) is 0 Å². The Morgan fingerprint density at radius 2 is 2.15 bits per heavy atom. The summed E-state index contributed by atoms with van der Waals surface area (Å²) in [5, 5.41) is 0. The number of hydrogen-bond acceptors (Lipinski definition) is 4. The first kappa shape index (κ1) is 17.2. The van der Waals surface area contributed by atoms with Crippen LogP contribution in [0, 0.1) is 0 Å². The minimum absolute atomic E-state index is 0.146. The molecule has 1 aliphatic heterocycles. The third-order valence-electron chi connectivity index (χ3n) is 4.97. The van der Waals surface area contributed by atoms with E-state index in [9.17, 15) is 9.59 Å². The largest absolute Gasteiger partial charge is 0.348 e. The molecule has 1 aliphatic rings. The summed E-state index contributed by atoms with van der Waals surface area (Å²) < 4.78 is 0. The molecule has 0 unspecified atom stereocenters. The number of aromatic amines is 2. The molecular formula is C20H21N5O2. The molecule has 3 aromatic rings. The maximum Gasteiger partial charge on any atom is 0.261 e. The van der Waals surface area contributed by atoms with Crippen LogP contribution in [0.5, 0.6) is 0 Å². The van der Waals surface area contributed by atoms with Crippen molar-refractivity contribution in [3.8, 4) is 0 Å².